The third-order valence-electron chi connectivity index (χ3n) is 4.76. The van der Waals surface area contributed by atoms with Crippen LogP contribution < -0.4 is 14.8 Å². The molecule has 0 bridgehead atoms. The highest BCUT2D eigenvalue weighted by molar-refractivity contribution is 5.97. The largest absolute Gasteiger partial charge is 0.497 e. The second-order valence-corrected chi connectivity index (χ2v) is 6.64. The van der Waals surface area contributed by atoms with Gasteiger partial charge in [-0.3, -0.25) is 4.79 Å². The predicted molar refractivity (Wildman–Crippen MR) is 114 cm³/mol. The fraction of sp³-hybridized carbons (Fsp3) is 0.125. The normalized spacial score (nSPS) is 10.7. The summed E-state index contributed by atoms with van der Waals surface area (Å²) in [6.45, 7) is 0.517. The Bertz CT molecular complexity index is 1120. The van der Waals surface area contributed by atoms with Crippen molar-refractivity contribution in [2.75, 3.05) is 13.7 Å². The van der Waals surface area contributed by atoms with E-state index in [4.69, 9.17) is 9.47 Å². The number of aromatic amines is 1. The lowest BCUT2D eigenvalue weighted by Gasteiger charge is -2.11. The van der Waals surface area contributed by atoms with Gasteiger partial charge in [-0.2, -0.15) is 0 Å². The molecule has 4 rings (SSSR count). The molecule has 0 saturated carbocycles. The van der Waals surface area contributed by atoms with Crippen LogP contribution in [0, 0.1) is 0 Å². The Morgan fingerprint density at radius 1 is 0.966 bits per heavy atom. The van der Waals surface area contributed by atoms with Crippen molar-refractivity contribution in [3.63, 3.8) is 0 Å². The molecule has 0 aliphatic rings. The zero-order valence-corrected chi connectivity index (χ0v) is 16.1. The zero-order chi connectivity index (χ0) is 20.1. The van der Waals surface area contributed by atoms with E-state index in [-0.39, 0.29) is 5.91 Å². The minimum atomic E-state index is -0.158. The molecule has 1 amide bonds. The number of para-hydroxylation sites is 2. The monoisotopic (exact) mass is 386 g/mol. The van der Waals surface area contributed by atoms with Crippen LogP contribution in [0.4, 0.5) is 0 Å². The van der Waals surface area contributed by atoms with Gasteiger partial charge in [-0.15, -0.1) is 0 Å². The summed E-state index contributed by atoms with van der Waals surface area (Å²) in [6.07, 6.45) is 2.68. The van der Waals surface area contributed by atoms with Gasteiger partial charge < -0.3 is 19.8 Å². The van der Waals surface area contributed by atoms with E-state index >= 15 is 0 Å². The molecule has 0 aliphatic carbocycles. The van der Waals surface area contributed by atoms with Crippen LogP contribution >= 0.6 is 0 Å². The van der Waals surface area contributed by atoms with Crippen LogP contribution in [0.25, 0.3) is 10.9 Å². The molecule has 0 fully saturated rings. The number of methoxy groups -OCH3 is 1. The number of amides is 1. The van der Waals surface area contributed by atoms with E-state index in [1.165, 1.54) is 0 Å². The average Bonchev–Trinajstić information content (AvgIpc) is 3.17. The number of rotatable bonds is 7. The molecule has 0 atom stereocenters. The maximum atomic E-state index is 12.7. The molecular weight excluding hydrogens is 364 g/mol. The van der Waals surface area contributed by atoms with Crippen molar-refractivity contribution in [1.29, 1.82) is 0 Å². The van der Waals surface area contributed by atoms with E-state index in [1.807, 2.05) is 66.9 Å². The Balaban J connectivity index is 1.43. The van der Waals surface area contributed by atoms with E-state index in [0.717, 1.165) is 22.2 Å². The summed E-state index contributed by atoms with van der Waals surface area (Å²) in [6, 6.07) is 22.6. The molecular formula is C24H22N2O3. The Hall–Kier alpha value is -3.73. The van der Waals surface area contributed by atoms with Crippen molar-refractivity contribution in [1.82, 2.24) is 10.3 Å². The van der Waals surface area contributed by atoms with E-state index in [9.17, 15) is 4.79 Å². The van der Waals surface area contributed by atoms with Crippen molar-refractivity contribution in [2.24, 2.45) is 0 Å². The number of hydrogen-bond acceptors (Lipinski definition) is 3. The fourth-order valence-electron chi connectivity index (χ4n) is 3.26. The molecule has 146 valence electrons. The maximum absolute atomic E-state index is 12.7. The second-order valence-electron chi connectivity index (χ2n) is 6.64. The lowest BCUT2D eigenvalue weighted by atomic mass is 10.1. The van der Waals surface area contributed by atoms with Crippen molar-refractivity contribution >= 4 is 16.8 Å². The topological polar surface area (TPSA) is 63.3 Å². The van der Waals surface area contributed by atoms with Gasteiger partial charge in [0, 0.05) is 23.6 Å². The minimum absolute atomic E-state index is 0.158. The summed E-state index contributed by atoms with van der Waals surface area (Å²) >= 11 is 0. The fourth-order valence-corrected chi connectivity index (χ4v) is 3.26. The number of aromatic nitrogens is 1. The molecule has 0 aliphatic heterocycles. The quantitative estimate of drug-likeness (QED) is 0.473. The van der Waals surface area contributed by atoms with Gasteiger partial charge in [0.1, 0.15) is 17.2 Å². The van der Waals surface area contributed by atoms with Crippen LogP contribution in [0.5, 0.6) is 17.2 Å². The number of carbonyl (C=O) groups excluding carboxylic acids is 1. The van der Waals surface area contributed by atoms with Crippen molar-refractivity contribution in [3.8, 4) is 17.2 Å². The van der Waals surface area contributed by atoms with Gasteiger partial charge in [0.2, 0.25) is 0 Å². The van der Waals surface area contributed by atoms with Gasteiger partial charge in [-0.25, -0.2) is 0 Å². The van der Waals surface area contributed by atoms with E-state index in [2.05, 4.69) is 10.3 Å². The van der Waals surface area contributed by atoms with Gasteiger partial charge in [-0.05, 0) is 54.4 Å². The Morgan fingerprint density at radius 2 is 1.76 bits per heavy atom. The number of hydrogen-bond donors (Lipinski definition) is 2. The van der Waals surface area contributed by atoms with Crippen LogP contribution in [-0.2, 0) is 6.42 Å². The molecule has 1 aromatic heterocycles. The SMILES string of the molecule is COc1ccc2[nH]cc(CCNC(=O)c3ccccc3Oc3ccccc3)c2c1. The lowest BCUT2D eigenvalue weighted by molar-refractivity contribution is 0.0952. The summed E-state index contributed by atoms with van der Waals surface area (Å²) in [5.41, 5.74) is 2.69. The number of benzene rings is 3. The number of fused-ring (bicyclic) bond motifs is 1. The summed E-state index contributed by atoms with van der Waals surface area (Å²) in [4.78, 5) is 16.0. The summed E-state index contributed by atoms with van der Waals surface area (Å²) < 4.78 is 11.2. The summed E-state index contributed by atoms with van der Waals surface area (Å²) in [5, 5.41) is 4.10. The van der Waals surface area contributed by atoms with E-state index < -0.39 is 0 Å². The van der Waals surface area contributed by atoms with Gasteiger partial charge >= 0.3 is 0 Å². The summed E-state index contributed by atoms with van der Waals surface area (Å²) in [7, 11) is 1.66. The van der Waals surface area contributed by atoms with Crippen molar-refractivity contribution < 1.29 is 14.3 Å². The van der Waals surface area contributed by atoms with Crippen molar-refractivity contribution in [3.05, 3.63) is 90.1 Å². The molecule has 0 radical (unpaired) electrons. The molecule has 3 aromatic carbocycles. The lowest BCUT2D eigenvalue weighted by Crippen LogP contribution is -2.26. The predicted octanol–water partition coefficient (Wildman–Crippen LogP) is 4.94. The van der Waals surface area contributed by atoms with Crippen LogP contribution in [0.1, 0.15) is 15.9 Å². The van der Waals surface area contributed by atoms with Crippen molar-refractivity contribution in [2.45, 2.75) is 6.42 Å². The highest BCUT2D eigenvalue weighted by Crippen LogP contribution is 2.26. The van der Waals surface area contributed by atoms with E-state index in [0.29, 0.717) is 30.0 Å². The molecule has 5 nitrogen and oxygen atoms in total. The molecule has 0 unspecified atom stereocenters. The van der Waals surface area contributed by atoms with Gasteiger partial charge in [-0.1, -0.05) is 30.3 Å². The number of nitrogens with one attached hydrogen (secondary N) is 2. The molecule has 4 aromatic rings. The minimum Gasteiger partial charge on any atom is -0.497 e. The maximum Gasteiger partial charge on any atom is 0.255 e. The molecule has 0 saturated heterocycles. The van der Waals surface area contributed by atoms with Crippen LogP contribution in [0.3, 0.4) is 0 Å². The van der Waals surface area contributed by atoms with Crippen LogP contribution in [0.15, 0.2) is 79.0 Å². The first-order chi connectivity index (χ1) is 14.2. The zero-order valence-electron chi connectivity index (χ0n) is 16.1. The first kappa shape index (κ1) is 18.6. The van der Waals surface area contributed by atoms with Gasteiger partial charge in [0.05, 0.1) is 12.7 Å². The number of ether oxygens (including phenoxy) is 2. The standard InChI is InChI=1S/C24H22N2O3/c1-28-19-11-12-22-21(15-19)17(16-26-22)13-14-25-24(27)20-9-5-6-10-23(20)29-18-7-3-2-4-8-18/h2-12,15-16,26H,13-14H2,1H3,(H,25,27). The average molecular weight is 386 g/mol. The first-order valence-corrected chi connectivity index (χ1v) is 9.49. The molecule has 2 N–H and O–H groups in total. The number of carbonyl (C=O) groups is 1. The summed E-state index contributed by atoms with van der Waals surface area (Å²) in [5.74, 6) is 1.89. The molecule has 0 spiro atoms. The van der Waals surface area contributed by atoms with Crippen LogP contribution in [0.2, 0.25) is 0 Å². The van der Waals surface area contributed by atoms with Gasteiger partial charge in [0.25, 0.3) is 5.91 Å². The first-order valence-electron chi connectivity index (χ1n) is 9.49. The Labute approximate surface area is 169 Å². The molecule has 1 heterocycles. The molecule has 29 heavy (non-hydrogen) atoms. The van der Waals surface area contributed by atoms with Gasteiger partial charge in [0.15, 0.2) is 0 Å². The highest BCUT2D eigenvalue weighted by Gasteiger charge is 2.13. The number of H-pyrrole nitrogens is 1. The second kappa shape index (κ2) is 8.52. The Morgan fingerprint density at radius 3 is 2.59 bits per heavy atom. The Kier molecular flexibility index (Phi) is 5.47. The third kappa shape index (κ3) is 4.24. The third-order valence-corrected chi connectivity index (χ3v) is 4.76. The smallest absolute Gasteiger partial charge is 0.255 e. The van der Waals surface area contributed by atoms with Crippen LogP contribution in [-0.4, -0.2) is 24.5 Å². The molecule has 5 heteroatoms. The van der Waals surface area contributed by atoms with E-state index in [1.54, 1.807) is 19.2 Å². The highest BCUT2D eigenvalue weighted by atomic mass is 16.5.